The molecule has 0 aromatic heterocycles. The van der Waals surface area contributed by atoms with Gasteiger partial charge in [-0.1, -0.05) is 0 Å². The predicted octanol–water partition coefficient (Wildman–Crippen LogP) is 1.33. The summed E-state index contributed by atoms with van der Waals surface area (Å²) in [5.41, 5.74) is -0.221. The molecule has 1 aromatic rings. The summed E-state index contributed by atoms with van der Waals surface area (Å²) >= 11 is 0. The molecule has 0 saturated heterocycles. The molecule has 1 heterocycles. The summed E-state index contributed by atoms with van der Waals surface area (Å²) in [5, 5.41) is 20.8. The van der Waals surface area contributed by atoms with Crippen LogP contribution in [-0.2, 0) is 6.54 Å². The van der Waals surface area contributed by atoms with E-state index < -0.39 is 10.5 Å². The summed E-state index contributed by atoms with van der Waals surface area (Å²) < 4.78 is 4.95. The van der Waals surface area contributed by atoms with E-state index in [1.54, 1.807) is 13.8 Å². The number of hydrogen-bond donors (Lipinski definition) is 1. The van der Waals surface area contributed by atoms with Gasteiger partial charge in [0.15, 0.2) is 5.75 Å². The van der Waals surface area contributed by atoms with Crippen molar-refractivity contribution in [2.24, 2.45) is 0 Å². The number of rotatable bonds is 4. The average molecular weight is 280 g/mol. The van der Waals surface area contributed by atoms with Crippen molar-refractivity contribution in [2.45, 2.75) is 26.0 Å². The van der Waals surface area contributed by atoms with Gasteiger partial charge in [0.05, 0.1) is 17.6 Å². The Morgan fingerprint density at radius 1 is 1.50 bits per heavy atom. The van der Waals surface area contributed by atoms with Gasteiger partial charge in [-0.05, 0) is 19.4 Å². The van der Waals surface area contributed by atoms with E-state index in [1.165, 1.54) is 24.1 Å². The molecule has 0 radical (unpaired) electrons. The zero-order valence-corrected chi connectivity index (χ0v) is 11.5. The molecule has 1 N–H and O–H groups in total. The van der Waals surface area contributed by atoms with Gasteiger partial charge >= 0.3 is 5.69 Å². The van der Waals surface area contributed by atoms with Crippen molar-refractivity contribution < 1.29 is 19.6 Å². The van der Waals surface area contributed by atoms with Crippen molar-refractivity contribution in [3.63, 3.8) is 0 Å². The van der Waals surface area contributed by atoms with E-state index in [2.05, 4.69) is 0 Å². The lowest BCUT2D eigenvalue weighted by Gasteiger charge is -2.24. The van der Waals surface area contributed by atoms with Crippen LogP contribution in [0.15, 0.2) is 12.1 Å². The third kappa shape index (κ3) is 2.57. The number of nitrogens with zero attached hydrogens (tertiary/aromatic N) is 2. The van der Waals surface area contributed by atoms with Gasteiger partial charge in [0.1, 0.15) is 0 Å². The van der Waals surface area contributed by atoms with Crippen LogP contribution < -0.4 is 4.74 Å². The molecule has 0 bridgehead atoms. The zero-order chi connectivity index (χ0) is 15.1. The lowest BCUT2D eigenvalue weighted by molar-refractivity contribution is -0.385. The fourth-order valence-electron chi connectivity index (χ4n) is 2.29. The zero-order valence-electron chi connectivity index (χ0n) is 11.5. The quantitative estimate of drug-likeness (QED) is 0.663. The Balaban J connectivity index is 2.39. The molecule has 0 atom stereocenters. The highest BCUT2D eigenvalue weighted by atomic mass is 16.6. The minimum absolute atomic E-state index is 0.0622. The third-order valence-electron chi connectivity index (χ3n) is 3.06. The Bertz CT molecular complexity index is 577. The SMILES string of the molecule is COc1cc2c(cc1[N+](=O)[O-])CN(CC(C)(C)O)C2=O. The number of aliphatic hydroxyl groups is 1. The van der Waals surface area contributed by atoms with Crippen molar-refractivity contribution in [1.82, 2.24) is 4.90 Å². The van der Waals surface area contributed by atoms with Crippen LogP contribution in [0.2, 0.25) is 0 Å². The van der Waals surface area contributed by atoms with Crippen LogP contribution in [0.5, 0.6) is 5.75 Å². The van der Waals surface area contributed by atoms with Crippen LogP contribution in [-0.4, -0.2) is 40.1 Å². The highest BCUT2D eigenvalue weighted by Gasteiger charge is 2.33. The number of nitro benzene ring substituents is 1. The van der Waals surface area contributed by atoms with Crippen molar-refractivity contribution in [3.8, 4) is 5.75 Å². The number of methoxy groups -OCH3 is 1. The lowest BCUT2D eigenvalue weighted by Crippen LogP contribution is -2.38. The molecule has 1 amide bonds. The van der Waals surface area contributed by atoms with Gasteiger partial charge in [0.2, 0.25) is 0 Å². The fourth-order valence-corrected chi connectivity index (χ4v) is 2.29. The maximum absolute atomic E-state index is 12.2. The van der Waals surface area contributed by atoms with Gasteiger partial charge in [0.25, 0.3) is 5.91 Å². The standard InChI is InChI=1S/C13H16N2O5/c1-13(2,17)7-14-6-8-4-10(15(18)19)11(20-3)5-9(8)12(14)16/h4-5,17H,6-7H2,1-3H3. The maximum atomic E-state index is 12.2. The molecule has 1 aromatic carbocycles. The van der Waals surface area contributed by atoms with Crippen LogP contribution in [0.3, 0.4) is 0 Å². The molecule has 1 aliphatic rings. The van der Waals surface area contributed by atoms with E-state index in [9.17, 15) is 20.0 Å². The van der Waals surface area contributed by atoms with Crippen molar-refractivity contribution >= 4 is 11.6 Å². The number of benzene rings is 1. The second-order valence-corrected chi connectivity index (χ2v) is 5.41. The number of carbonyl (C=O) groups is 1. The van der Waals surface area contributed by atoms with Gasteiger partial charge in [0, 0.05) is 30.8 Å². The number of nitro groups is 1. The van der Waals surface area contributed by atoms with E-state index >= 15 is 0 Å². The summed E-state index contributed by atoms with van der Waals surface area (Å²) in [6.45, 7) is 3.62. The highest BCUT2D eigenvalue weighted by molar-refractivity contribution is 5.99. The number of fused-ring (bicyclic) bond motifs is 1. The molecule has 0 unspecified atom stereocenters. The first-order valence-corrected chi connectivity index (χ1v) is 6.10. The second kappa shape index (κ2) is 4.75. The molecule has 7 nitrogen and oxygen atoms in total. The molecule has 0 fully saturated rings. The van der Waals surface area contributed by atoms with Crippen LogP contribution in [0.4, 0.5) is 5.69 Å². The molecule has 108 valence electrons. The maximum Gasteiger partial charge on any atom is 0.311 e. The van der Waals surface area contributed by atoms with Crippen LogP contribution in [0, 0.1) is 10.1 Å². The Labute approximate surface area is 115 Å². The molecule has 0 saturated carbocycles. The van der Waals surface area contributed by atoms with Gasteiger partial charge < -0.3 is 14.7 Å². The normalized spacial score (nSPS) is 14.4. The molecule has 0 spiro atoms. The van der Waals surface area contributed by atoms with E-state index in [0.29, 0.717) is 11.1 Å². The molecule has 2 rings (SSSR count). The molecular weight excluding hydrogens is 264 g/mol. The summed E-state index contributed by atoms with van der Waals surface area (Å²) in [4.78, 5) is 24.1. The van der Waals surface area contributed by atoms with Gasteiger partial charge in [-0.25, -0.2) is 0 Å². The Morgan fingerprint density at radius 3 is 2.65 bits per heavy atom. The molecule has 20 heavy (non-hydrogen) atoms. The third-order valence-corrected chi connectivity index (χ3v) is 3.06. The number of β-amino-alcohol motifs (C(OH)–C–C–N with tert-alkyl or cyclic N) is 1. The lowest BCUT2D eigenvalue weighted by atomic mass is 10.1. The molecular formula is C13H16N2O5. The monoisotopic (exact) mass is 280 g/mol. The van der Waals surface area contributed by atoms with Crippen LogP contribution in [0.25, 0.3) is 0 Å². The fraction of sp³-hybridized carbons (Fsp3) is 0.462. The van der Waals surface area contributed by atoms with E-state index in [0.717, 1.165) is 0 Å². The largest absolute Gasteiger partial charge is 0.490 e. The minimum atomic E-state index is -1.02. The smallest absolute Gasteiger partial charge is 0.311 e. The summed E-state index contributed by atoms with van der Waals surface area (Å²) in [5.74, 6) is -0.192. The summed E-state index contributed by atoms with van der Waals surface area (Å²) in [7, 11) is 1.32. The van der Waals surface area contributed by atoms with Crippen LogP contribution in [0.1, 0.15) is 29.8 Å². The molecule has 7 heteroatoms. The number of hydrogen-bond acceptors (Lipinski definition) is 5. The second-order valence-electron chi connectivity index (χ2n) is 5.41. The van der Waals surface area contributed by atoms with E-state index in [4.69, 9.17) is 4.74 Å². The molecule has 1 aliphatic heterocycles. The first-order valence-electron chi connectivity index (χ1n) is 6.10. The minimum Gasteiger partial charge on any atom is -0.490 e. The number of ether oxygens (including phenoxy) is 1. The summed E-state index contributed by atoms with van der Waals surface area (Å²) in [6, 6.07) is 2.75. The van der Waals surface area contributed by atoms with Gasteiger partial charge in [-0.2, -0.15) is 0 Å². The van der Waals surface area contributed by atoms with E-state index in [1.807, 2.05) is 0 Å². The van der Waals surface area contributed by atoms with Crippen molar-refractivity contribution in [3.05, 3.63) is 33.4 Å². The number of amides is 1. The van der Waals surface area contributed by atoms with Crippen LogP contribution >= 0.6 is 0 Å². The van der Waals surface area contributed by atoms with Gasteiger partial charge in [-0.15, -0.1) is 0 Å². The average Bonchev–Trinajstić information content (AvgIpc) is 2.62. The van der Waals surface area contributed by atoms with Crippen molar-refractivity contribution in [2.75, 3.05) is 13.7 Å². The Kier molecular flexibility index (Phi) is 3.39. The number of carbonyl (C=O) groups excluding carboxylic acids is 1. The first-order chi connectivity index (χ1) is 9.23. The summed E-state index contributed by atoms with van der Waals surface area (Å²) in [6.07, 6.45) is 0. The van der Waals surface area contributed by atoms with Gasteiger partial charge in [-0.3, -0.25) is 14.9 Å². The Morgan fingerprint density at radius 2 is 2.15 bits per heavy atom. The first kappa shape index (κ1) is 14.3. The topological polar surface area (TPSA) is 92.9 Å². The predicted molar refractivity (Wildman–Crippen MR) is 70.7 cm³/mol. The van der Waals surface area contributed by atoms with Crippen molar-refractivity contribution in [1.29, 1.82) is 0 Å². The Hall–Kier alpha value is -2.15. The highest BCUT2D eigenvalue weighted by Crippen LogP contribution is 2.35. The molecule has 0 aliphatic carbocycles. The van der Waals surface area contributed by atoms with E-state index in [-0.39, 0.29) is 30.4 Å².